The van der Waals surface area contributed by atoms with Gasteiger partial charge in [-0.25, -0.2) is 4.68 Å². The van der Waals surface area contributed by atoms with Gasteiger partial charge in [-0.05, 0) is 43.2 Å². The monoisotopic (exact) mass is 363 g/mol. The highest BCUT2D eigenvalue weighted by Crippen LogP contribution is 2.40. The Bertz CT molecular complexity index is 1110. The minimum atomic E-state index is -0.350. The summed E-state index contributed by atoms with van der Waals surface area (Å²) >= 11 is 0. The summed E-state index contributed by atoms with van der Waals surface area (Å²) in [7, 11) is 1.85. The first-order valence-corrected chi connectivity index (χ1v) is 8.85. The molecule has 4 rings (SSSR count). The van der Waals surface area contributed by atoms with Crippen LogP contribution < -0.4 is 10.9 Å². The number of phenols is 1. The number of aryl methyl sites for hydroxylation is 1. The summed E-state index contributed by atoms with van der Waals surface area (Å²) in [6, 6.07) is 12.9. The van der Waals surface area contributed by atoms with E-state index in [1.165, 1.54) is 0 Å². The Labute approximate surface area is 156 Å². The van der Waals surface area contributed by atoms with E-state index in [-0.39, 0.29) is 29.6 Å². The van der Waals surface area contributed by atoms with E-state index >= 15 is 0 Å². The Morgan fingerprint density at radius 3 is 2.52 bits per heavy atom. The molecule has 1 aliphatic rings. The van der Waals surface area contributed by atoms with Gasteiger partial charge in [-0.2, -0.15) is 0 Å². The summed E-state index contributed by atoms with van der Waals surface area (Å²) in [6.07, 6.45) is 0.200. The maximum absolute atomic E-state index is 13.3. The van der Waals surface area contributed by atoms with Gasteiger partial charge in [0.1, 0.15) is 5.75 Å². The lowest BCUT2D eigenvalue weighted by Crippen LogP contribution is -2.28. The van der Waals surface area contributed by atoms with Crippen LogP contribution in [0.1, 0.15) is 34.7 Å². The lowest BCUT2D eigenvalue weighted by molar-refractivity contribution is -0.116. The molecule has 3 aromatic rings. The number of anilines is 1. The van der Waals surface area contributed by atoms with Crippen LogP contribution in [0.25, 0.3) is 5.69 Å². The molecular weight excluding hydrogens is 342 g/mol. The zero-order valence-corrected chi connectivity index (χ0v) is 15.5. The van der Waals surface area contributed by atoms with Crippen LogP contribution in [0.2, 0.25) is 0 Å². The van der Waals surface area contributed by atoms with E-state index in [1.807, 2.05) is 62.0 Å². The number of nitrogens with one attached hydrogen (secondary N) is 1. The van der Waals surface area contributed by atoms with Crippen molar-refractivity contribution in [3.63, 3.8) is 0 Å². The predicted octanol–water partition coefficient (Wildman–Crippen LogP) is 2.97. The maximum atomic E-state index is 13.3. The van der Waals surface area contributed by atoms with Crippen molar-refractivity contribution in [1.29, 1.82) is 0 Å². The number of phenolic OH excluding ortho intramolecular Hbond substituents is 1. The van der Waals surface area contributed by atoms with E-state index in [1.54, 1.807) is 10.7 Å². The van der Waals surface area contributed by atoms with Gasteiger partial charge >= 0.3 is 0 Å². The van der Waals surface area contributed by atoms with Gasteiger partial charge < -0.3 is 10.4 Å². The van der Waals surface area contributed by atoms with E-state index in [0.717, 1.165) is 16.9 Å². The van der Waals surface area contributed by atoms with Crippen LogP contribution in [0.15, 0.2) is 47.3 Å². The molecule has 0 saturated heterocycles. The van der Waals surface area contributed by atoms with Gasteiger partial charge in [0.25, 0.3) is 5.56 Å². The number of carbonyl (C=O) groups excluding carboxylic acids is 1. The maximum Gasteiger partial charge on any atom is 0.275 e. The topological polar surface area (TPSA) is 76.3 Å². The van der Waals surface area contributed by atoms with E-state index in [0.29, 0.717) is 16.8 Å². The molecule has 6 nitrogen and oxygen atoms in total. The molecule has 27 heavy (non-hydrogen) atoms. The fraction of sp³-hybridized carbons (Fsp3) is 0.238. The van der Waals surface area contributed by atoms with Crippen molar-refractivity contribution in [2.75, 3.05) is 5.32 Å². The second-order valence-electron chi connectivity index (χ2n) is 7.01. The van der Waals surface area contributed by atoms with Gasteiger partial charge in [0.2, 0.25) is 5.91 Å². The van der Waals surface area contributed by atoms with Crippen molar-refractivity contribution in [2.24, 2.45) is 7.05 Å². The molecule has 0 unspecified atom stereocenters. The third-order valence-electron chi connectivity index (χ3n) is 5.35. The van der Waals surface area contributed by atoms with Crippen molar-refractivity contribution in [3.8, 4) is 11.4 Å². The minimum Gasteiger partial charge on any atom is -0.508 e. The number of aromatic hydroxyl groups is 1. The number of rotatable bonds is 2. The molecule has 2 aromatic carbocycles. The summed E-state index contributed by atoms with van der Waals surface area (Å²) < 4.78 is 3.45. The molecule has 0 spiro atoms. The molecule has 0 aliphatic carbocycles. The van der Waals surface area contributed by atoms with E-state index in [4.69, 9.17) is 0 Å². The van der Waals surface area contributed by atoms with E-state index in [9.17, 15) is 14.7 Å². The van der Waals surface area contributed by atoms with Crippen LogP contribution in [0.4, 0.5) is 5.69 Å². The number of hydrogen-bond donors (Lipinski definition) is 2. The lowest BCUT2D eigenvalue weighted by Gasteiger charge is -2.26. The second-order valence-corrected chi connectivity index (χ2v) is 7.01. The molecule has 1 aliphatic heterocycles. The van der Waals surface area contributed by atoms with E-state index < -0.39 is 0 Å². The van der Waals surface area contributed by atoms with Crippen LogP contribution in [-0.2, 0) is 11.8 Å². The Morgan fingerprint density at radius 1 is 1.11 bits per heavy atom. The molecule has 2 N–H and O–H groups in total. The molecule has 0 fully saturated rings. The summed E-state index contributed by atoms with van der Waals surface area (Å²) in [5.74, 6) is -0.387. The van der Waals surface area contributed by atoms with Crippen LogP contribution in [0.5, 0.6) is 5.75 Å². The minimum absolute atomic E-state index is 0.126. The highest BCUT2D eigenvalue weighted by atomic mass is 16.3. The van der Waals surface area contributed by atoms with Crippen LogP contribution in [0.3, 0.4) is 0 Å². The van der Waals surface area contributed by atoms with Crippen molar-refractivity contribution in [2.45, 2.75) is 26.2 Å². The zero-order valence-electron chi connectivity index (χ0n) is 15.5. The van der Waals surface area contributed by atoms with Gasteiger partial charge in [0.05, 0.1) is 5.69 Å². The molecule has 1 atom stereocenters. The quantitative estimate of drug-likeness (QED) is 0.735. The number of carbonyl (C=O) groups is 1. The summed E-state index contributed by atoms with van der Waals surface area (Å²) in [5, 5.41) is 12.8. The number of para-hydroxylation sites is 1. The highest BCUT2D eigenvalue weighted by molar-refractivity contribution is 5.95. The number of aromatic nitrogens is 2. The smallest absolute Gasteiger partial charge is 0.275 e. The van der Waals surface area contributed by atoms with Gasteiger partial charge in [-0.1, -0.05) is 18.2 Å². The number of benzene rings is 2. The van der Waals surface area contributed by atoms with Crippen LogP contribution in [0, 0.1) is 13.8 Å². The molecule has 0 radical (unpaired) electrons. The van der Waals surface area contributed by atoms with Gasteiger partial charge in [0, 0.05) is 42.4 Å². The van der Waals surface area contributed by atoms with Crippen LogP contribution >= 0.6 is 0 Å². The molecular formula is C21H21N3O3. The standard InChI is InChI=1S/C21H21N3O3/c1-12-9-15-16(10-19(26)22-17(15)11-18(12)25)20-13(2)23(3)24(21(20)27)14-7-5-4-6-8-14/h4-9,11,16,25H,10H2,1-3H3,(H,22,26)/t16-/m0/s1. The van der Waals surface area contributed by atoms with Crippen molar-refractivity contribution >= 4 is 11.6 Å². The SMILES string of the molecule is Cc1cc2c(cc1O)NC(=O)C[C@@H]2c1c(C)n(C)n(-c2ccccc2)c1=O. The zero-order chi connectivity index (χ0) is 19.3. The van der Waals surface area contributed by atoms with E-state index in [2.05, 4.69) is 5.32 Å². The second kappa shape index (κ2) is 6.16. The van der Waals surface area contributed by atoms with Crippen molar-refractivity contribution in [1.82, 2.24) is 9.36 Å². The van der Waals surface area contributed by atoms with Gasteiger partial charge in [0.15, 0.2) is 0 Å². The third kappa shape index (κ3) is 2.65. The largest absolute Gasteiger partial charge is 0.508 e. The van der Waals surface area contributed by atoms with Gasteiger partial charge in [-0.15, -0.1) is 0 Å². The highest BCUT2D eigenvalue weighted by Gasteiger charge is 2.32. The Hall–Kier alpha value is -3.28. The molecule has 138 valence electrons. The molecule has 0 saturated carbocycles. The fourth-order valence-electron chi connectivity index (χ4n) is 3.86. The number of amides is 1. The first kappa shape index (κ1) is 17.1. The summed E-state index contributed by atoms with van der Waals surface area (Å²) in [6.45, 7) is 3.71. The normalized spacial score (nSPS) is 16.1. The first-order chi connectivity index (χ1) is 12.9. The molecule has 6 heteroatoms. The number of fused-ring (bicyclic) bond motifs is 1. The van der Waals surface area contributed by atoms with Crippen LogP contribution in [-0.4, -0.2) is 20.4 Å². The molecule has 0 bridgehead atoms. The third-order valence-corrected chi connectivity index (χ3v) is 5.35. The molecule has 1 amide bonds. The number of nitrogens with zero attached hydrogens (tertiary/aromatic N) is 2. The Morgan fingerprint density at radius 2 is 1.81 bits per heavy atom. The summed E-state index contributed by atoms with van der Waals surface area (Å²) in [5.41, 5.74) is 4.22. The van der Waals surface area contributed by atoms with Gasteiger partial charge in [-0.3, -0.25) is 14.3 Å². The Kier molecular flexibility index (Phi) is 3.91. The fourth-order valence-corrected chi connectivity index (χ4v) is 3.86. The molecule has 1 aromatic heterocycles. The van der Waals surface area contributed by atoms with Crippen molar-refractivity contribution < 1.29 is 9.90 Å². The van der Waals surface area contributed by atoms with Crippen molar-refractivity contribution in [3.05, 3.63) is 75.2 Å². The average Bonchev–Trinajstić information content (AvgIpc) is 2.86. The Balaban J connectivity index is 1.95. The number of hydrogen-bond acceptors (Lipinski definition) is 3. The lowest BCUT2D eigenvalue weighted by atomic mass is 9.84. The predicted molar refractivity (Wildman–Crippen MR) is 104 cm³/mol. The molecule has 2 heterocycles. The first-order valence-electron chi connectivity index (χ1n) is 8.85. The average molecular weight is 363 g/mol. The summed E-state index contributed by atoms with van der Waals surface area (Å²) in [4.78, 5) is 25.6.